The van der Waals surface area contributed by atoms with Crippen molar-refractivity contribution in [2.75, 3.05) is 0 Å². The number of para-hydroxylation sites is 2. The molecule has 0 amide bonds. The molecule has 5 aromatic rings. The third-order valence-electron chi connectivity index (χ3n) is 4.81. The number of nitrogens with one attached hydrogen (secondary N) is 1. The lowest BCUT2D eigenvalue weighted by Crippen LogP contribution is -1.93. The molecule has 0 aliphatic carbocycles. The summed E-state index contributed by atoms with van der Waals surface area (Å²) in [6.07, 6.45) is 3.28. The molecule has 0 saturated heterocycles. The summed E-state index contributed by atoms with van der Waals surface area (Å²) in [6.45, 7) is 4.51. The number of rotatable bonds is 4. The van der Waals surface area contributed by atoms with Crippen LogP contribution in [0.4, 0.5) is 0 Å². The van der Waals surface area contributed by atoms with Crippen LogP contribution in [0.25, 0.3) is 38.6 Å². The Balaban J connectivity index is 1.62. The minimum atomic E-state index is 0.602. The highest BCUT2D eigenvalue weighted by molar-refractivity contribution is 9.10. The number of imidazole rings is 1. The van der Waals surface area contributed by atoms with Crippen molar-refractivity contribution in [3.05, 3.63) is 64.1 Å². The summed E-state index contributed by atoms with van der Waals surface area (Å²) in [6, 6.07) is 14.5. The number of benzene rings is 2. The normalized spacial score (nSPS) is 11.9. The molecule has 6 heteroatoms. The Morgan fingerprint density at radius 3 is 2.82 bits per heavy atom. The first-order valence-electron chi connectivity index (χ1n) is 9.29. The molecule has 0 bridgehead atoms. The summed E-state index contributed by atoms with van der Waals surface area (Å²) in [5.41, 5.74) is 5.40. The van der Waals surface area contributed by atoms with E-state index in [2.05, 4.69) is 74.1 Å². The molecule has 0 atom stereocenters. The van der Waals surface area contributed by atoms with Crippen LogP contribution >= 0.6 is 27.3 Å². The molecule has 0 aliphatic heterocycles. The van der Waals surface area contributed by atoms with Gasteiger partial charge < -0.3 is 4.98 Å². The number of aromatic nitrogens is 4. The van der Waals surface area contributed by atoms with E-state index in [4.69, 9.17) is 4.98 Å². The van der Waals surface area contributed by atoms with E-state index in [1.54, 1.807) is 11.3 Å². The smallest absolute Gasteiger partial charge is 0.194 e. The van der Waals surface area contributed by atoms with Gasteiger partial charge in [0.25, 0.3) is 0 Å². The zero-order chi connectivity index (χ0) is 19.3. The summed E-state index contributed by atoms with van der Waals surface area (Å²) < 4.78 is 3.28. The van der Waals surface area contributed by atoms with Crippen molar-refractivity contribution in [2.24, 2.45) is 5.92 Å². The van der Waals surface area contributed by atoms with Crippen LogP contribution in [0.3, 0.4) is 0 Å². The predicted octanol–water partition coefficient (Wildman–Crippen LogP) is 6.59. The van der Waals surface area contributed by atoms with E-state index >= 15 is 0 Å². The Morgan fingerprint density at radius 1 is 1.14 bits per heavy atom. The summed E-state index contributed by atoms with van der Waals surface area (Å²) in [5, 5.41) is 4.31. The molecular weight excluding hydrogens is 432 g/mol. The molecular formula is C22H19BrN4S. The van der Waals surface area contributed by atoms with E-state index in [9.17, 15) is 0 Å². The molecule has 5 rings (SSSR count). The highest BCUT2D eigenvalue weighted by Gasteiger charge is 2.15. The quantitative estimate of drug-likeness (QED) is 0.335. The molecule has 0 aliphatic rings. The van der Waals surface area contributed by atoms with E-state index in [-0.39, 0.29) is 0 Å². The van der Waals surface area contributed by atoms with Gasteiger partial charge in [0.1, 0.15) is 5.69 Å². The molecule has 0 saturated carbocycles. The van der Waals surface area contributed by atoms with Gasteiger partial charge in [0.15, 0.2) is 11.0 Å². The molecule has 0 unspecified atom stereocenters. The molecule has 0 radical (unpaired) electrons. The molecule has 3 aromatic heterocycles. The maximum Gasteiger partial charge on any atom is 0.194 e. The molecule has 0 fully saturated rings. The Hall–Kier alpha value is -2.44. The van der Waals surface area contributed by atoms with Crippen molar-refractivity contribution in [3.63, 3.8) is 0 Å². The van der Waals surface area contributed by atoms with Crippen LogP contribution in [0.1, 0.15) is 19.4 Å². The van der Waals surface area contributed by atoms with Crippen molar-refractivity contribution in [2.45, 2.75) is 20.3 Å². The molecule has 1 N–H and O–H groups in total. The van der Waals surface area contributed by atoms with Gasteiger partial charge in [-0.15, -0.1) is 11.3 Å². The van der Waals surface area contributed by atoms with Crippen LogP contribution in [-0.2, 0) is 6.42 Å². The van der Waals surface area contributed by atoms with Crippen LogP contribution in [0.5, 0.6) is 0 Å². The van der Waals surface area contributed by atoms with Crippen molar-refractivity contribution < 1.29 is 0 Å². The molecule has 140 valence electrons. The average Bonchev–Trinajstić information content (AvgIpc) is 3.37. The molecule has 3 heterocycles. The second-order valence-electron chi connectivity index (χ2n) is 7.40. The van der Waals surface area contributed by atoms with Gasteiger partial charge in [-0.3, -0.25) is 4.57 Å². The van der Waals surface area contributed by atoms with Crippen LogP contribution < -0.4 is 0 Å². The minimum absolute atomic E-state index is 0.602. The molecule has 2 aromatic carbocycles. The lowest BCUT2D eigenvalue weighted by atomic mass is 10.0. The number of thiazole rings is 1. The SMILES string of the molecule is CC(C)Cc1cn(-c2nc(-c3nc4ccccc4[nH]3)cs2)c2cc(Br)ccc12. The lowest BCUT2D eigenvalue weighted by molar-refractivity contribution is 0.649. The summed E-state index contributed by atoms with van der Waals surface area (Å²) in [4.78, 5) is 12.9. The van der Waals surface area contributed by atoms with Gasteiger partial charge in [-0.2, -0.15) is 0 Å². The van der Waals surface area contributed by atoms with Crippen LogP contribution in [0, 0.1) is 5.92 Å². The van der Waals surface area contributed by atoms with E-state index in [1.807, 2.05) is 24.3 Å². The van der Waals surface area contributed by atoms with Crippen LogP contribution in [-0.4, -0.2) is 19.5 Å². The number of halogens is 1. The van der Waals surface area contributed by atoms with E-state index in [0.717, 1.165) is 38.6 Å². The van der Waals surface area contributed by atoms with Gasteiger partial charge in [0, 0.05) is 21.4 Å². The largest absolute Gasteiger partial charge is 0.337 e. The number of fused-ring (bicyclic) bond motifs is 2. The second kappa shape index (κ2) is 6.87. The highest BCUT2D eigenvalue weighted by Crippen LogP contribution is 2.32. The fourth-order valence-corrected chi connectivity index (χ4v) is 4.74. The highest BCUT2D eigenvalue weighted by atomic mass is 79.9. The van der Waals surface area contributed by atoms with Gasteiger partial charge in [0.2, 0.25) is 0 Å². The van der Waals surface area contributed by atoms with E-state index < -0.39 is 0 Å². The Morgan fingerprint density at radius 2 is 2.00 bits per heavy atom. The molecule has 0 spiro atoms. The number of H-pyrrole nitrogens is 1. The maximum absolute atomic E-state index is 4.89. The Kier molecular flexibility index (Phi) is 4.33. The fourth-order valence-electron chi connectivity index (χ4n) is 3.59. The lowest BCUT2D eigenvalue weighted by Gasteiger charge is -2.02. The van der Waals surface area contributed by atoms with Crippen molar-refractivity contribution in [1.82, 2.24) is 19.5 Å². The van der Waals surface area contributed by atoms with Crippen LogP contribution in [0.2, 0.25) is 0 Å². The predicted molar refractivity (Wildman–Crippen MR) is 120 cm³/mol. The Bertz CT molecular complexity index is 1260. The van der Waals surface area contributed by atoms with Crippen molar-refractivity contribution in [3.8, 4) is 16.6 Å². The van der Waals surface area contributed by atoms with Crippen molar-refractivity contribution >= 4 is 49.2 Å². The first kappa shape index (κ1) is 17.6. The topological polar surface area (TPSA) is 46.5 Å². The zero-order valence-electron chi connectivity index (χ0n) is 15.6. The van der Waals surface area contributed by atoms with Gasteiger partial charge >= 0.3 is 0 Å². The summed E-state index contributed by atoms with van der Waals surface area (Å²) >= 11 is 5.25. The number of hydrogen-bond acceptors (Lipinski definition) is 3. The Labute approximate surface area is 175 Å². The molecule has 4 nitrogen and oxygen atoms in total. The fraction of sp³-hybridized carbons (Fsp3) is 0.182. The van der Waals surface area contributed by atoms with Gasteiger partial charge in [0.05, 0.1) is 16.6 Å². The summed E-state index contributed by atoms with van der Waals surface area (Å²) in [7, 11) is 0. The average molecular weight is 451 g/mol. The third-order valence-corrected chi connectivity index (χ3v) is 6.14. The first-order chi connectivity index (χ1) is 13.6. The first-order valence-corrected chi connectivity index (χ1v) is 11.0. The second-order valence-corrected chi connectivity index (χ2v) is 9.15. The van der Waals surface area contributed by atoms with Gasteiger partial charge in [-0.25, -0.2) is 9.97 Å². The van der Waals surface area contributed by atoms with Gasteiger partial charge in [-0.1, -0.05) is 48.0 Å². The minimum Gasteiger partial charge on any atom is -0.337 e. The van der Waals surface area contributed by atoms with Gasteiger partial charge in [-0.05, 0) is 42.2 Å². The summed E-state index contributed by atoms with van der Waals surface area (Å²) in [5.74, 6) is 1.41. The number of aromatic amines is 1. The number of hydrogen-bond donors (Lipinski definition) is 1. The monoisotopic (exact) mass is 450 g/mol. The zero-order valence-corrected chi connectivity index (χ0v) is 18.0. The maximum atomic E-state index is 4.89. The van der Waals surface area contributed by atoms with Crippen LogP contribution in [0.15, 0.2) is 58.5 Å². The number of nitrogens with zero attached hydrogens (tertiary/aromatic N) is 3. The van der Waals surface area contributed by atoms with Crippen molar-refractivity contribution in [1.29, 1.82) is 0 Å². The van der Waals surface area contributed by atoms with E-state index in [0.29, 0.717) is 5.92 Å². The standard InChI is InChI=1S/C22H19BrN4S/c1-13(2)9-14-11-27(20-10-15(23)7-8-16(14)20)22-26-19(12-28-22)21-24-17-5-3-4-6-18(17)25-21/h3-8,10-13H,9H2,1-2H3,(H,24,25). The molecule has 28 heavy (non-hydrogen) atoms. The van der Waals surface area contributed by atoms with E-state index in [1.165, 1.54) is 16.5 Å². The third kappa shape index (κ3) is 3.06.